The number of ether oxygens (including phenoxy) is 1. The van der Waals surface area contributed by atoms with Crippen LogP contribution in [0, 0.1) is 0 Å². The molecule has 0 spiro atoms. The van der Waals surface area contributed by atoms with Crippen LogP contribution in [0.4, 0.5) is 0 Å². The SMILES string of the molecule is COC(=O)c1ccc(CNC(C)c2ccccn2)o1. The van der Waals surface area contributed by atoms with Crippen molar-refractivity contribution in [2.75, 3.05) is 7.11 Å². The monoisotopic (exact) mass is 260 g/mol. The zero-order chi connectivity index (χ0) is 13.7. The van der Waals surface area contributed by atoms with Crippen molar-refractivity contribution in [2.24, 2.45) is 0 Å². The first-order valence-electron chi connectivity index (χ1n) is 6.02. The minimum atomic E-state index is -0.468. The van der Waals surface area contributed by atoms with Gasteiger partial charge >= 0.3 is 5.97 Å². The Hall–Kier alpha value is -2.14. The van der Waals surface area contributed by atoms with E-state index in [-0.39, 0.29) is 11.8 Å². The van der Waals surface area contributed by atoms with Crippen LogP contribution in [0.3, 0.4) is 0 Å². The van der Waals surface area contributed by atoms with E-state index in [1.807, 2.05) is 25.1 Å². The number of carbonyl (C=O) groups excluding carboxylic acids is 1. The quantitative estimate of drug-likeness (QED) is 0.836. The molecule has 0 aromatic carbocycles. The molecule has 2 aromatic rings. The molecule has 1 atom stereocenters. The van der Waals surface area contributed by atoms with Crippen LogP contribution >= 0.6 is 0 Å². The highest BCUT2D eigenvalue weighted by Gasteiger charge is 2.12. The van der Waals surface area contributed by atoms with Crippen LogP contribution in [0.2, 0.25) is 0 Å². The fourth-order valence-electron chi connectivity index (χ4n) is 1.67. The summed E-state index contributed by atoms with van der Waals surface area (Å²) in [7, 11) is 1.33. The van der Waals surface area contributed by atoms with Gasteiger partial charge in [-0.1, -0.05) is 6.07 Å². The van der Waals surface area contributed by atoms with Crippen LogP contribution in [0.15, 0.2) is 40.9 Å². The first-order valence-corrected chi connectivity index (χ1v) is 6.02. The summed E-state index contributed by atoms with van der Waals surface area (Å²) in [4.78, 5) is 15.5. The van der Waals surface area contributed by atoms with E-state index in [1.54, 1.807) is 18.3 Å². The Morgan fingerprint density at radius 2 is 2.26 bits per heavy atom. The van der Waals surface area contributed by atoms with Crippen molar-refractivity contribution in [2.45, 2.75) is 19.5 Å². The molecule has 0 radical (unpaired) electrons. The van der Waals surface area contributed by atoms with Gasteiger partial charge in [0.2, 0.25) is 5.76 Å². The van der Waals surface area contributed by atoms with Gasteiger partial charge in [-0.3, -0.25) is 4.98 Å². The van der Waals surface area contributed by atoms with Gasteiger partial charge in [-0.05, 0) is 31.2 Å². The zero-order valence-electron chi connectivity index (χ0n) is 10.9. The van der Waals surface area contributed by atoms with Crippen LogP contribution in [-0.4, -0.2) is 18.1 Å². The molecule has 0 saturated carbocycles. The lowest BCUT2D eigenvalue weighted by Gasteiger charge is -2.11. The zero-order valence-corrected chi connectivity index (χ0v) is 10.9. The number of aromatic nitrogens is 1. The maximum Gasteiger partial charge on any atom is 0.373 e. The largest absolute Gasteiger partial charge is 0.463 e. The van der Waals surface area contributed by atoms with Gasteiger partial charge in [0.1, 0.15) is 5.76 Å². The topological polar surface area (TPSA) is 64.4 Å². The number of pyridine rings is 1. The van der Waals surface area contributed by atoms with E-state index in [9.17, 15) is 4.79 Å². The third kappa shape index (κ3) is 3.42. The highest BCUT2D eigenvalue weighted by atomic mass is 16.5. The molecule has 0 aliphatic heterocycles. The average molecular weight is 260 g/mol. The smallest absolute Gasteiger partial charge is 0.373 e. The summed E-state index contributed by atoms with van der Waals surface area (Å²) < 4.78 is 9.95. The second-order valence-corrected chi connectivity index (χ2v) is 4.11. The summed E-state index contributed by atoms with van der Waals surface area (Å²) in [6, 6.07) is 9.25. The lowest BCUT2D eigenvalue weighted by Crippen LogP contribution is -2.18. The van der Waals surface area contributed by atoms with Crippen LogP contribution < -0.4 is 5.32 Å². The highest BCUT2D eigenvalue weighted by molar-refractivity contribution is 5.86. The number of carbonyl (C=O) groups is 1. The molecule has 1 unspecified atom stereocenters. The molecule has 0 saturated heterocycles. The maximum absolute atomic E-state index is 11.2. The molecule has 0 aliphatic carbocycles. The lowest BCUT2D eigenvalue weighted by atomic mass is 10.2. The first kappa shape index (κ1) is 13.3. The van der Waals surface area contributed by atoms with E-state index in [1.165, 1.54) is 7.11 Å². The molecule has 0 amide bonds. The predicted molar refractivity (Wildman–Crippen MR) is 69.5 cm³/mol. The molecule has 0 fully saturated rings. The number of nitrogens with zero attached hydrogens (tertiary/aromatic N) is 1. The molecule has 2 heterocycles. The fraction of sp³-hybridized carbons (Fsp3) is 0.286. The van der Waals surface area contributed by atoms with Gasteiger partial charge in [-0.25, -0.2) is 4.79 Å². The summed E-state index contributed by atoms with van der Waals surface area (Å²) in [6.45, 7) is 2.54. The van der Waals surface area contributed by atoms with Crippen LogP contribution in [0.25, 0.3) is 0 Å². The standard InChI is InChI=1S/C14H16N2O3/c1-10(12-5-3-4-8-15-12)16-9-11-6-7-13(19-11)14(17)18-2/h3-8,10,16H,9H2,1-2H3. The minimum Gasteiger partial charge on any atom is -0.463 e. The molecule has 19 heavy (non-hydrogen) atoms. The molecular formula is C14H16N2O3. The second kappa shape index (κ2) is 6.15. The highest BCUT2D eigenvalue weighted by Crippen LogP contribution is 2.12. The summed E-state index contributed by atoms with van der Waals surface area (Å²) in [5.74, 6) is 0.428. The van der Waals surface area contributed by atoms with Crippen LogP contribution in [0.5, 0.6) is 0 Å². The van der Waals surface area contributed by atoms with Crippen molar-refractivity contribution in [3.63, 3.8) is 0 Å². The predicted octanol–water partition coefficient (Wildman–Crippen LogP) is 2.31. The van der Waals surface area contributed by atoms with Gasteiger partial charge < -0.3 is 14.5 Å². The Morgan fingerprint density at radius 3 is 2.95 bits per heavy atom. The van der Waals surface area contributed by atoms with Crippen molar-refractivity contribution in [3.05, 3.63) is 53.7 Å². The summed E-state index contributed by atoms with van der Waals surface area (Å²) in [5, 5.41) is 3.28. The van der Waals surface area contributed by atoms with Gasteiger partial charge in [0, 0.05) is 12.2 Å². The van der Waals surface area contributed by atoms with Crippen molar-refractivity contribution in [1.29, 1.82) is 0 Å². The van der Waals surface area contributed by atoms with E-state index in [0.29, 0.717) is 12.3 Å². The number of methoxy groups -OCH3 is 1. The Balaban J connectivity index is 1.92. The van der Waals surface area contributed by atoms with E-state index in [2.05, 4.69) is 15.0 Å². The van der Waals surface area contributed by atoms with Crippen molar-refractivity contribution in [1.82, 2.24) is 10.3 Å². The number of hydrogen-bond acceptors (Lipinski definition) is 5. The molecule has 2 rings (SSSR count). The fourth-order valence-corrected chi connectivity index (χ4v) is 1.67. The average Bonchev–Trinajstić information content (AvgIpc) is 2.93. The molecule has 0 aliphatic rings. The van der Waals surface area contributed by atoms with Crippen LogP contribution in [0.1, 0.15) is 35.0 Å². The molecule has 0 bridgehead atoms. The third-order valence-electron chi connectivity index (χ3n) is 2.76. The van der Waals surface area contributed by atoms with Crippen molar-refractivity contribution >= 4 is 5.97 Å². The summed E-state index contributed by atoms with van der Waals surface area (Å²) in [6.07, 6.45) is 1.76. The van der Waals surface area contributed by atoms with E-state index in [0.717, 1.165) is 5.69 Å². The van der Waals surface area contributed by atoms with E-state index >= 15 is 0 Å². The summed E-state index contributed by atoms with van der Waals surface area (Å²) in [5.41, 5.74) is 0.960. The molecule has 5 heteroatoms. The second-order valence-electron chi connectivity index (χ2n) is 4.11. The molecule has 2 aromatic heterocycles. The minimum absolute atomic E-state index is 0.105. The van der Waals surface area contributed by atoms with Gasteiger partial charge in [-0.2, -0.15) is 0 Å². The van der Waals surface area contributed by atoms with E-state index < -0.39 is 5.97 Å². The van der Waals surface area contributed by atoms with Crippen molar-refractivity contribution < 1.29 is 13.9 Å². The van der Waals surface area contributed by atoms with Gasteiger partial charge in [0.05, 0.1) is 19.3 Å². The Labute approximate surface area is 111 Å². The number of nitrogens with one attached hydrogen (secondary N) is 1. The first-order chi connectivity index (χ1) is 9.20. The maximum atomic E-state index is 11.2. The number of esters is 1. The van der Waals surface area contributed by atoms with Gasteiger partial charge in [0.25, 0.3) is 0 Å². The Bertz CT molecular complexity index is 537. The van der Waals surface area contributed by atoms with E-state index in [4.69, 9.17) is 4.42 Å². The van der Waals surface area contributed by atoms with Crippen LogP contribution in [-0.2, 0) is 11.3 Å². The van der Waals surface area contributed by atoms with Crippen molar-refractivity contribution in [3.8, 4) is 0 Å². The lowest BCUT2D eigenvalue weighted by molar-refractivity contribution is 0.0563. The third-order valence-corrected chi connectivity index (χ3v) is 2.76. The summed E-state index contributed by atoms with van der Waals surface area (Å²) >= 11 is 0. The normalized spacial score (nSPS) is 12.1. The Kier molecular flexibility index (Phi) is 4.30. The Morgan fingerprint density at radius 1 is 1.42 bits per heavy atom. The number of rotatable bonds is 5. The van der Waals surface area contributed by atoms with Gasteiger partial charge in [-0.15, -0.1) is 0 Å². The molecular weight excluding hydrogens is 244 g/mol. The molecule has 5 nitrogen and oxygen atoms in total. The van der Waals surface area contributed by atoms with Gasteiger partial charge in [0.15, 0.2) is 0 Å². The number of furan rings is 1. The molecule has 1 N–H and O–H groups in total. The molecule has 100 valence electrons. The number of hydrogen-bond donors (Lipinski definition) is 1.